The number of azide groups is 1. The van der Waals surface area contributed by atoms with Crippen LogP contribution in [-0.4, -0.2) is 22.9 Å². The Kier molecular flexibility index (Phi) is 3.94. The van der Waals surface area contributed by atoms with Crippen LogP contribution >= 0.6 is 0 Å². The van der Waals surface area contributed by atoms with Crippen molar-refractivity contribution in [2.75, 3.05) is 6.61 Å². The average molecular weight is 193 g/mol. The Hall–Kier alpha value is -1.55. The molecule has 0 fully saturated rings. The topological polar surface area (TPSA) is 89.2 Å². The highest BCUT2D eigenvalue weighted by atomic mass is 16.3. The lowest BCUT2D eigenvalue weighted by Gasteiger charge is -2.15. The van der Waals surface area contributed by atoms with Gasteiger partial charge in [-0.1, -0.05) is 35.4 Å². The molecule has 5 nitrogen and oxygen atoms in total. The molecule has 0 saturated heterocycles. The molecule has 0 aliphatic carbocycles. The van der Waals surface area contributed by atoms with Crippen LogP contribution < -0.4 is 0 Å². The molecular formula is C9H11N3O2. The maximum atomic E-state index is 9.69. The molecule has 2 N–H and O–H groups in total. The van der Waals surface area contributed by atoms with Crippen LogP contribution in [0.3, 0.4) is 0 Å². The van der Waals surface area contributed by atoms with Crippen LogP contribution in [0.2, 0.25) is 0 Å². The van der Waals surface area contributed by atoms with Gasteiger partial charge in [0, 0.05) is 4.91 Å². The molecule has 0 amide bonds. The SMILES string of the molecule is [N-]=[N+]=N[C@@H](CO)[C@@H](O)c1ccccc1. The molecule has 2 atom stereocenters. The molecule has 0 saturated carbocycles. The van der Waals surface area contributed by atoms with Crippen LogP contribution in [0.1, 0.15) is 11.7 Å². The van der Waals surface area contributed by atoms with Gasteiger partial charge in [0.15, 0.2) is 0 Å². The Balaban J connectivity index is 2.82. The summed E-state index contributed by atoms with van der Waals surface area (Å²) in [6.45, 7) is -0.375. The first-order valence-electron chi connectivity index (χ1n) is 4.17. The smallest absolute Gasteiger partial charge is 0.0906 e. The lowest BCUT2D eigenvalue weighted by molar-refractivity contribution is 0.109. The quantitative estimate of drug-likeness (QED) is 0.430. The van der Waals surface area contributed by atoms with Crippen LogP contribution in [0.25, 0.3) is 10.4 Å². The summed E-state index contributed by atoms with van der Waals surface area (Å²) in [7, 11) is 0. The molecule has 0 bridgehead atoms. The van der Waals surface area contributed by atoms with Gasteiger partial charge >= 0.3 is 0 Å². The average Bonchev–Trinajstić information content (AvgIpc) is 2.26. The second-order valence-corrected chi connectivity index (χ2v) is 2.81. The van der Waals surface area contributed by atoms with Gasteiger partial charge < -0.3 is 10.2 Å². The standard InChI is InChI=1S/C9H11N3O2/c10-12-11-8(6-13)9(14)7-4-2-1-3-5-7/h1-5,8-9,13-14H,6H2/t8-,9-/m0/s1. The fourth-order valence-corrected chi connectivity index (χ4v) is 1.14. The largest absolute Gasteiger partial charge is 0.396 e. The summed E-state index contributed by atoms with van der Waals surface area (Å²) in [4.78, 5) is 2.56. The van der Waals surface area contributed by atoms with Crippen molar-refractivity contribution < 1.29 is 10.2 Å². The van der Waals surface area contributed by atoms with Gasteiger partial charge in [-0.25, -0.2) is 0 Å². The van der Waals surface area contributed by atoms with Crippen molar-refractivity contribution >= 4 is 0 Å². The number of hydrogen-bond donors (Lipinski definition) is 2. The van der Waals surface area contributed by atoms with Crippen molar-refractivity contribution in [3.05, 3.63) is 46.3 Å². The molecule has 0 aromatic heterocycles. The third-order valence-electron chi connectivity index (χ3n) is 1.89. The number of benzene rings is 1. The Labute approximate surface area is 81.2 Å². The van der Waals surface area contributed by atoms with Gasteiger partial charge in [0.2, 0.25) is 0 Å². The molecule has 74 valence electrons. The van der Waals surface area contributed by atoms with Crippen molar-refractivity contribution in [3.8, 4) is 0 Å². The van der Waals surface area contributed by atoms with Crippen LogP contribution in [0.5, 0.6) is 0 Å². The number of aliphatic hydroxyl groups excluding tert-OH is 2. The molecular weight excluding hydrogens is 182 g/mol. The van der Waals surface area contributed by atoms with Crippen LogP contribution in [0.4, 0.5) is 0 Å². The van der Waals surface area contributed by atoms with Gasteiger partial charge in [0.25, 0.3) is 0 Å². The highest BCUT2D eigenvalue weighted by Crippen LogP contribution is 2.18. The molecule has 14 heavy (non-hydrogen) atoms. The second kappa shape index (κ2) is 5.24. The van der Waals surface area contributed by atoms with Crippen LogP contribution in [-0.2, 0) is 0 Å². The lowest BCUT2D eigenvalue weighted by atomic mass is 10.0. The zero-order valence-corrected chi connectivity index (χ0v) is 7.48. The van der Waals surface area contributed by atoms with E-state index in [9.17, 15) is 5.11 Å². The predicted molar refractivity (Wildman–Crippen MR) is 51.4 cm³/mol. The molecule has 0 aliphatic rings. The molecule has 0 spiro atoms. The summed E-state index contributed by atoms with van der Waals surface area (Å²) in [5.41, 5.74) is 8.82. The highest BCUT2D eigenvalue weighted by molar-refractivity contribution is 5.18. The zero-order chi connectivity index (χ0) is 10.4. The highest BCUT2D eigenvalue weighted by Gasteiger charge is 2.18. The Bertz CT molecular complexity index is 322. The number of rotatable bonds is 4. The molecule has 0 radical (unpaired) electrons. The van der Waals surface area contributed by atoms with Gasteiger partial charge in [-0.2, -0.15) is 0 Å². The Morgan fingerprint density at radius 3 is 2.50 bits per heavy atom. The van der Waals surface area contributed by atoms with Crippen LogP contribution in [0.15, 0.2) is 35.4 Å². The summed E-state index contributed by atoms with van der Waals surface area (Å²) in [6, 6.07) is 7.94. The van der Waals surface area contributed by atoms with Gasteiger partial charge in [0.05, 0.1) is 18.8 Å². The maximum absolute atomic E-state index is 9.69. The monoisotopic (exact) mass is 193 g/mol. The molecule has 0 aliphatic heterocycles. The van der Waals surface area contributed by atoms with Crippen molar-refractivity contribution in [1.29, 1.82) is 0 Å². The van der Waals surface area contributed by atoms with Gasteiger partial charge in [-0.3, -0.25) is 0 Å². The van der Waals surface area contributed by atoms with E-state index in [2.05, 4.69) is 10.0 Å². The molecule has 0 unspecified atom stereocenters. The Morgan fingerprint density at radius 1 is 1.36 bits per heavy atom. The zero-order valence-electron chi connectivity index (χ0n) is 7.48. The minimum atomic E-state index is -0.961. The first-order chi connectivity index (χ1) is 6.79. The minimum absolute atomic E-state index is 0.375. The summed E-state index contributed by atoms with van der Waals surface area (Å²) in [6.07, 6.45) is -0.961. The third kappa shape index (κ3) is 2.47. The molecule has 1 aromatic rings. The van der Waals surface area contributed by atoms with E-state index in [4.69, 9.17) is 10.6 Å². The molecule has 1 rings (SSSR count). The summed E-state index contributed by atoms with van der Waals surface area (Å²) < 4.78 is 0. The summed E-state index contributed by atoms with van der Waals surface area (Å²) >= 11 is 0. The minimum Gasteiger partial charge on any atom is -0.396 e. The van der Waals surface area contributed by atoms with Crippen molar-refractivity contribution in [3.63, 3.8) is 0 Å². The molecule has 0 heterocycles. The fourth-order valence-electron chi connectivity index (χ4n) is 1.14. The predicted octanol–water partition coefficient (Wildman–Crippen LogP) is 1.39. The van der Waals surface area contributed by atoms with Crippen molar-refractivity contribution in [1.82, 2.24) is 0 Å². The normalized spacial score (nSPS) is 14.1. The van der Waals surface area contributed by atoms with E-state index in [-0.39, 0.29) is 6.61 Å². The van der Waals surface area contributed by atoms with Gasteiger partial charge in [-0.05, 0) is 11.1 Å². The fraction of sp³-hybridized carbons (Fsp3) is 0.333. The molecule has 5 heteroatoms. The summed E-state index contributed by atoms with van der Waals surface area (Å²) in [5, 5.41) is 21.9. The number of aliphatic hydroxyl groups is 2. The van der Waals surface area contributed by atoms with E-state index in [1.807, 2.05) is 6.07 Å². The number of nitrogens with zero attached hydrogens (tertiary/aromatic N) is 3. The first-order valence-corrected chi connectivity index (χ1v) is 4.17. The van der Waals surface area contributed by atoms with E-state index in [0.29, 0.717) is 5.56 Å². The number of hydrogen-bond acceptors (Lipinski definition) is 3. The summed E-state index contributed by atoms with van der Waals surface area (Å²) in [5.74, 6) is 0. The van der Waals surface area contributed by atoms with E-state index in [0.717, 1.165) is 0 Å². The van der Waals surface area contributed by atoms with Crippen molar-refractivity contribution in [2.45, 2.75) is 12.1 Å². The van der Waals surface area contributed by atoms with Gasteiger partial charge in [-0.15, -0.1) is 0 Å². The van der Waals surface area contributed by atoms with E-state index >= 15 is 0 Å². The van der Waals surface area contributed by atoms with Gasteiger partial charge in [0.1, 0.15) is 0 Å². The van der Waals surface area contributed by atoms with Crippen LogP contribution in [0, 0.1) is 0 Å². The second-order valence-electron chi connectivity index (χ2n) is 2.81. The maximum Gasteiger partial charge on any atom is 0.0906 e. The third-order valence-corrected chi connectivity index (χ3v) is 1.89. The van der Waals surface area contributed by atoms with E-state index < -0.39 is 12.1 Å². The van der Waals surface area contributed by atoms with E-state index in [1.54, 1.807) is 24.3 Å². The lowest BCUT2D eigenvalue weighted by Crippen LogP contribution is -2.19. The van der Waals surface area contributed by atoms with E-state index in [1.165, 1.54) is 0 Å². The molecule has 1 aromatic carbocycles. The Morgan fingerprint density at radius 2 is 2.00 bits per heavy atom. The van der Waals surface area contributed by atoms with Crippen molar-refractivity contribution in [2.24, 2.45) is 5.11 Å². The first kappa shape index (κ1) is 10.5.